The first-order chi connectivity index (χ1) is 9.70. The summed E-state index contributed by atoms with van der Waals surface area (Å²) in [6.45, 7) is 0.675. The molecule has 0 heterocycles. The maximum absolute atomic E-state index is 11.4. The number of hydrogen-bond acceptors (Lipinski definition) is 4. The molecule has 1 aliphatic carbocycles. The van der Waals surface area contributed by atoms with Crippen molar-refractivity contribution >= 4 is 5.97 Å². The van der Waals surface area contributed by atoms with Crippen molar-refractivity contribution in [2.24, 2.45) is 0 Å². The lowest BCUT2D eigenvalue weighted by molar-refractivity contribution is -0.139. The van der Waals surface area contributed by atoms with Crippen LogP contribution in [0.15, 0.2) is 24.3 Å². The van der Waals surface area contributed by atoms with Gasteiger partial charge in [-0.3, -0.25) is 4.79 Å². The summed E-state index contributed by atoms with van der Waals surface area (Å²) in [4.78, 5) is 11.4. The predicted octanol–water partition coefficient (Wildman–Crippen LogP) is 1.80. The maximum Gasteiger partial charge on any atom is 0.309 e. The molecule has 2 atom stereocenters. The van der Waals surface area contributed by atoms with E-state index in [1.165, 1.54) is 13.5 Å². The van der Waals surface area contributed by atoms with Gasteiger partial charge in [0.2, 0.25) is 0 Å². The molecule has 4 heteroatoms. The molecule has 0 radical (unpaired) electrons. The number of methoxy groups -OCH3 is 1. The Balaban J connectivity index is 1.96. The van der Waals surface area contributed by atoms with Gasteiger partial charge in [-0.2, -0.15) is 0 Å². The number of benzene rings is 1. The Morgan fingerprint density at radius 2 is 2.00 bits per heavy atom. The molecule has 0 amide bonds. The zero-order chi connectivity index (χ0) is 14.4. The molecule has 0 bridgehead atoms. The van der Waals surface area contributed by atoms with E-state index < -0.39 is 0 Å². The standard InChI is InChI=1S/C16H23NO3/c1-20-16(19)10-12-6-2-3-7-13(12)11-17-14-8-4-5-9-15(14)18/h2-3,6-7,14-15,17-18H,4-5,8-11H2,1H3. The van der Waals surface area contributed by atoms with Crippen LogP contribution < -0.4 is 5.32 Å². The molecule has 20 heavy (non-hydrogen) atoms. The second-order valence-electron chi connectivity index (χ2n) is 5.36. The third kappa shape index (κ3) is 4.05. The molecule has 0 aliphatic heterocycles. The first kappa shape index (κ1) is 15.0. The van der Waals surface area contributed by atoms with Crippen molar-refractivity contribution in [1.82, 2.24) is 5.32 Å². The fraction of sp³-hybridized carbons (Fsp3) is 0.562. The van der Waals surface area contributed by atoms with E-state index in [0.29, 0.717) is 13.0 Å². The maximum atomic E-state index is 11.4. The van der Waals surface area contributed by atoms with Crippen molar-refractivity contribution in [3.05, 3.63) is 35.4 Å². The number of aliphatic hydroxyl groups excluding tert-OH is 1. The van der Waals surface area contributed by atoms with E-state index in [0.717, 1.165) is 30.4 Å². The summed E-state index contributed by atoms with van der Waals surface area (Å²) < 4.78 is 4.72. The van der Waals surface area contributed by atoms with Gasteiger partial charge in [-0.25, -0.2) is 0 Å². The highest BCUT2D eigenvalue weighted by Gasteiger charge is 2.22. The summed E-state index contributed by atoms with van der Waals surface area (Å²) in [6.07, 6.45) is 4.21. The average Bonchev–Trinajstić information content (AvgIpc) is 2.47. The first-order valence-corrected chi connectivity index (χ1v) is 7.25. The summed E-state index contributed by atoms with van der Waals surface area (Å²) >= 11 is 0. The minimum atomic E-state index is -0.253. The van der Waals surface area contributed by atoms with E-state index in [-0.39, 0.29) is 18.1 Å². The second-order valence-corrected chi connectivity index (χ2v) is 5.36. The molecular weight excluding hydrogens is 254 g/mol. The Morgan fingerprint density at radius 3 is 2.70 bits per heavy atom. The second kappa shape index (κ2) is 7.41. The molecule has 1 aliphatic rings. The van der Waals surface area contributed by atoms with Crippen LogP contribution in [-0.4, -0.2) is 30.3 Å². The summed E-state index contributed by atoms with van der Waals surface area (Å²) in [5, 5.41) is 13.4. The third-order valence-electron chi connectivity index (χ3n) is 3.97. The fourth-order valence-corrected chi connectivity index (χ4v) is 2.72. The Labute approximate surface area is 120 Å². The van der Waals surface area contributed by atoms with Gasteiger partial charge in [0.1, 0.15) is 0 Å². The monoisotopic (exact) mass is 277 g/mol. The highest BCUT2D eigenvalue weighted by molar-refractivity contribution is 5.72. The van der Waals surface area contributed by atoms with E-state index in [1.54, 1.807) is 0 Å². The van der Waals surface area contributed by atoms with E-state index in [4.69, 9.17) is 4.74 Å². The molecule has 0 spiro atoms. The molecule has 2 unspecified atom stereocenters. The molecule has 1 fully saturated rings. The van der Waals surface area contributed by atoms with Gasteiger partial charge in [-0.05, 0) is 24.0 Å². The number of esters is 1. The summed E-state index contributed by atoms with van der Waals surface area (Å²) in [5.41, 5.74) is 2.08. The molecule has 1 aromatic rings. The van der Waals surface area contributed by atoms with Gasteiger partial charge in [0.05, 0.1) is 19.6 Å². The molecule has 2 rings (SSSR count). The Morgan fingerprint density at radius 1 is 1.30 bits per heavy atom. The van der Waals surface area contributed by atoms with Gasteiger partial charge in [0.15, 0.2) is 0 Å². The van der Waals surface area contributed by atoms with Crippen LogP contribution in [0.25, 0.3) is 0 Å². The fourth-order valence-electron chi connectivity index (χ4n) is 2.72. The highest BCUT2D eigenvalue weighted by atomic mass is 16.5. The Hall–Kier alpha value is -1.39. The van der Waals surface area contributed by atoms with Crippen LogP contribution in [0.1, 0.15) is 36.8 Å². The van der Waals surface area contributed by atoms with Crippen molar-refractivity contribution in [2.45, 2.75) is 50.8 Å². The van der Waals surface area contributed by atoms with Crippen molar-refractivity contribution in [1.29, 1.82) is 0 Å². The molecule has 110 valence electrons. The van der Waals surface area contributed by atoms with Gasteiger partial charge >= 0.3 is 5.97 Å². The zero-order valence-electron chi connectivity index (χ0n) is 12.0. The van der Waals surface area contributed by atoms with Crippen LogP contribution in [0, 0.1) is 0 Å². The average molecular weight is 277 g/mol. The lowest BCUT2D eigenvalue weighted by atomic mass is 9.92. The number of rotatable bonds is 5. The number of aliphatic hydroxyl groups is 1. The molecular formula is C16H23NO3. The van der Waals surface area contributed by atoms with Gasteiger partial charge in [0, 0.05) is 12.6 Å². The minimum absolute atomic E-state index is 0.162. The van der Waals surface area contributed by atoms with Gasteiger partial charge < -0.3 is 15.2 Å². The third-order valence-corrected chi connectivity index (χ3v) is 3.97. The smallest absolute Gasteiger partial charge is 0.309 e. The summed E-state index contributed by atoms with van der Waals surface area (Å²) in [7, 11) is 1.40. The lowest BCUT2D eigenvalue weighted by Gasteiger charge is -2.28. The molecule has 4 nitrogen and oxygen atoms in total. The number of hydrogen-bond donors (Lipinski definition) is 2. The topological polar surface area (TPSA) is 58.6 Å². The number of carbonyl (C=O) groups is 1. The van der Waals surface area contributed by atoms with E-state index in [9.17, 15) is 9.90 Å². The number of nitrogens with one attached hydrogen (secondary N) is 1. The van der Waals surface area contributed by atoms with Crippen molar-refractivity contribution in [2.75, 3.05) is 7.11 Å². The van der Waals surface area contributed by atoms with Gasteiger partial charge in [0.25, 0.3) is 0 Å². The van der Waals surface area contributed by atoms with Crippen LogP contribution in [0.2, 0.25) is 0 Å². The van der Waals surface area contributed by atoms with Crippen LogP contribution >= 0.6 is 0 Å². The lowest BCUT2D eigenvalue weighted by Crippen LogP contribution is -2.41. The van der Waals surface area contributed by atoms with E-state index in [1.807, 2.05) is 24.3 Å². The van der Waals surface area contributed by atoms with E-state index in [2.05, 4.69) is 5.32 Å². The molecule has 1 aromatic carbocycles. The van der Waals surface area contributed by atoms with Crippen LogP contribution in [0.5, 0.6) is 0 Å². The van der Waals surface area contributed by atoms with Crippen molar-refractivity contribution in [3.63, 3.8) is 0 Å². The molecule has 0 saturated heterocycles. The molecule has 1 saturated carbocycles. The van der Waals surface area contributed by atoms with Crippen LogP contribution in [0.4, 0.5) is 0 Å². The van der Waals surface area contributed by atoms with Gasteiger partial charge in [-0.15, -0.1) is 0 Å². The zero-order valence-corrected chi connectivity index (χ0v) is 12.0. The highest BCUT2D eigenvalue weighted by Crippen LogP contribution is 2.19. The van der Waals surface area contributed by atoms with Crippen molar-refractivity contribution < 1.29 is 14.6 Å². The van der Waals surface area contributed by atoms with Crippen LogP contribution in [-0.2, 0) is 22.5 Å². The van der Waals surface area contributed by atoms with E-state index >= 15 is 0 Å². The summed E-state index contributed by atoms with van der Waals surface area (Å²) in [6, 6.07) is 8.02. The predicted molar refractivity (Wildman–Crippen MR) is 77.3 cm³/mol. The normalized spacial score (nSPS) is 22.5. The first-order valence-electron chi connectivity index (χ1n) is 7.25. The Bertz CT molecular complexity index is 447. The molecule has 0 aromatic heterocycles. The molecule has 2 N–H and O–H groups in total. The quantitative estimate of drug-likeness (QED) is 0.806. The SMILES string of the molecule is COC(=O)Cc1ccccc1CNC1CCCCC1O. The van der Waals surface area contributed by atoms with Gasteiger partial charge in [-0.1, -0.05) is 37.1 Å². The van der Waals surface area contributed by atoms with Crippen molar-refractivity contribution in [3.8, 4) is 0 Å². The Kier molecular flexibility index (Phi) is 5.56. The number of carbonyl (C=O) groups excluding carboxylic acids is 1. The van der Waals surface area contributed by atoms with Crippen LogP contribution in [0.3, 0.4) is 0 Å². The minimum Gasteiger partial charge on any atom is -0.469 e. The largest absolute Gasteiger partial charge is 0.469 e. The number of ether oxygens (including phenoxy) is 1. The summed E-state index contributed by atoms with van der Waals surface area (Å²) in [5.74, 6) is -0.227.